The lowest BCUT2D eigenvalue weighted by Crippen LogP contribution is -2.39. The summed E-state index contributed by atoms with van der Waals surface area (Å²) in [5.41, 5.74) is 0.717. The van der Waals surface area contributed by atoms with E-state index in [2.05, 4.69) is 15.7 Å². The van der Waals surface area contributed by atoms with Gasteiger partial charge in [0.15, 0.2) is 0 Å². The van der Waals surface area contributed by atoms with E-state index >= 15 is 0 Å². The van der Waals surface area contributed by atoms with E-state index in [1.54, 1.807) is 17.1 Å². The summed E-state index contributed by atoms with van der Waals surface area (Å²) in [5, 5.41) is 9.90. The van der Waals surface area contributed by atoms with Crippen molar-refractivity contribution in [2.24, 2.45) is 13.0 Å². The summed E-state index contributed by atoms with van der Waals surface area (Å²) in [4.78, 5) is 11.9. The molecule has 6 heteroatoms. The van der Waals surface area contributed by atoms with Gasteiger partial charge in [-0.2, -0.15) is 5.10 Å². The number of amides is 1. The van der Waals surface area contributed by atoms with E-state index in [-0.39, 0.29) is 17.9 Å². The van der Waals surface area contributed by atoms with Crippen molar-refractivity contribution in [3.63, 3.8) is 0 Å². The van der Waals surface area contributed by atoms with E-state index in [4.69, 9.17) is 4.74 Å². The Morgan fingerprint density at radius 3 is 3.06 bits per heavy atom. The highest BCUT2D eigenvalue weighted by atomic mass is 16.5. The van der Waals surface area contributed by atoms with E-state index in [0.717, 1.165) is 0 Å². The van der Waals surface area contributed by atoms with Crippen LogP contribution in [0.4, 0.5) is 5.69 Å². The molecule has 1 aliphatic rings. The van der Waals surface area contributed by atoms with Gasteiger partial charge in [0.25, 0.3) is 0 Å². The van der Waals surface area contributed by atoms with Crippen molar-refractivity contribution in [3.8, 4) is 0 Å². The Morgan fingerprint density at radius 2 is 2.44 bits per heavy atom. The third-order valence-corrected chi connectivity index (χ3v) is 2.76. The van der Waals surface area contributed by atoms with E-state index < -0.39 is 0 Å². The zero-order valence-corrected chi connectivity index (χ0v) is 9.43. The average molecular weight is 224 g/mol. The minimum Gasteiger partial charge on any atom is -0.379 e. The highest BCUT2D eigenvalue weighted by Gasteiger charge is 2.32. The molecule has 0 spiro atoms. The standard InChI is InChI=1S/C10H16N4O2/c1-11-9-6-16-5-8(9)10(15)13-7-3-12-14(2)4-7/h3-4,8-9,11H,5-6H2,1-2H3,(H,13,15). The van der Waals surface area contributed by atoms with Gasteiger partial charge < -0.3 is 15.4 Å². The number of aryl methyl sites for hydroxylation is 1. The second-order valence-corrected chi connectivity index (χ2v) is 3.93. The minimum atomic E-state index is -0.134. The normalized spacial score (nSPS) is 24.6. The lowest BCUT2D eigenvalue weighted by Gasteiger charge is -2.15. The summed E-state index contributed by atoms with van der Waals surface area (Å²) in [6.45, 7) is 1.05. The zero-order valence-electron chi connectivity index (χ0n) is 9.43. The number of anilines is 1. The van der Waals surface area contributed by atoms with Gasteiger partial charge in [0.2, 0.25) is 5.91 Å². The molecule has 88 valence electrons. The molecule has 0 bridgehead atoms. The van der Waals surface area contributed by atoms with Gasteiger partial charge in [0, 0.05) is 19.3 Å². The Labute approximate surface area is 94.0 Å². The van der Waals surface area contributed by atoms with Crippen LogP contribution in [-0.4, -0.2) is 42.0 Å². The SMILES string of the molecule is CNC1COCC1C(=O)Nc1cnn(C)c1. The fraction of sp³-hybridized carbons (Fsp3) is 0.600. The summed E-state index contributed by atoms with van der Waals surface area (Å²) in [7, 11) is 3.65. The number of ether oxygens (including phenoxy) is 1. The Morgan fingerprint density at radius 1 is 1.62 bits per heavy atom. The summed E-state index contributed by atoms with van der Waals surface area (Å²) in [6, 6.07) is 0.0941. The largest absolute Gasteiger partial charge is 0.379 e. The number of hydrogen-bond donors (Lipinski definition) is 2. The smallest absolute Gasteiger partial charge is 0.231 e. The van der Waals surface area contributed by atoms with Gasteiger partial charge in [0.1, 0.15) is 0 Å². The van der Waals surface area contributed by atoms with E-state index in [1.165, 1.54) is 0 Å². The summed E-state index contributed by atoms with van der Waals surface area (Å²) < 4.78 is 6.93. The van der Waals surface area contributed by atoms with Crippen molar-refractivity contribution in [1.82, 2.24) is 15.1 Å². The van der Waals surface area contributed by atoms with Gasteiger partial charge in [-0.1, -0.05) is 0 Å². The van der Waals surface area contributed by atoms with Gasteiger partial charge in [-0.05, 0) is 7.05 Å². The van der Waals surface area contributed by atoms with E-state index in [1.807, 2.05) is 14.1 Å². The molecule has 1 aromatic heterocycles. The molecule has 2 heterocycles. The number of aromatic nitrogens is 2. The van der Waals surface area contributed by atoms with Crippen LogP contribution in [0.1, 0.15) is 0 Å². The molecule has 1 aromatic rings. The van der Waals surface area contributed by atoms with Gasteiger partial charge >= 0.3 is 0 Å². The van der Waals surface area contributed by atoms with E-state index in [9.17, 15) is 4.79 Å². The van der Waals surface area contributed by atoms with E-state index in [0.29, 0.717) is 18.9 Å². The Hall–Kier alpha value is -1.40. The molecule has 16 heavy (non-hydrogen) atoms. The zero-order chi connectivity index (χ0) is 11.5. The number of hydrogen-bond acceptors (Lipinski definition) is 4. The Bertz CT molecular complexity index is 377. The maximum Gasteiger partial charge on any atom is 0.231 e. The number of carbonyl (C=O) groups excluding carboxylic acids is 1. The summed E-state index contributed by atoms with van der Waals surface area (Å²) in [5.74, 6) is -0.157. The van der Waals surface area contributed by atoms with Gasteiger partial charge in [-0.25, -0.2) is 0 Å². The molecule has 0 aromatic carbocycles. The maximum absolute atomic E-state index is 11.9. The number of rotatable bonds is 3. The van der Waals surface area contributed by atoms with Crippen molar-refractivity contribution in [2.45, 2.75) is 6.04 Å². The molecule has 2 unspecified atom stereocenters. The number of carbonyl (C=O) groups is 1. The quantitative estimate of drug-likeness (QED) is 0.732. The molecule has 1 fully saturated rings. The van der Waals surface area contributed by atoms with Crippen LogP contribution < -0.4 is 10.6 Å². The fourth-order valence-corrected chi connectivity index (χ4v) is 1.82. The second kappa shape index (κ2) is 4.63. The highest BCUT2D eigenvalue weighted by Crippen LogP contribution is 2.16. The lowest BCUT2D eigenvalue weighted by atomic mass is 10.0. The molecule has 2 rings (SSSR count). The number of likely N-dealkylation sites (N-methyl/N-ethyl adjacent to an activating group) is 1. The minimum absolute atomic E-state index is 0.0233. The predicted molar refractivity (Wildman–Crippen MR) is 59.0 cm³/mol. The molecule has 1 aliphatic heterocycles. The van der Waals surface area contributed by atoms with Crippen molar-refractivity contribution in [1.29, 1.82) is 0 Å². The topological polar surface area (TPSA) is 68.2 Å². The van der Waals surface area contributed by atoms with Crippen LogP contribution in [0.25, 0.3) is 0 Å². The van der Waals surface area contributed by atoms with Crippen molar-refractivity contribution < 1.29 is 9.53 Å². The highest BCUT2D eigenvalue weighted by molar-refractivity contribution is 5.93. The Kier molecular flexibility index (Phi) is 3.21. The first kappa shape index (κ1) is 11.1. The predicted octanol–water partition coefficient (Wildman–Crippen LogP) is -0.407. The van der Waals surface area contributed by atoms with Gasteiger partial charge in [-0.15, -0.1) is 0 Å². The molecule has 1 amide bonds. The molecular weight excluding hydrogens is 208 g/mol. The first-order valence-corrected chi connectivity index (χ1v) is 5.25. The molecule has 0 radical (unpaired) electrons. The molecule has 6 nitrogen and oxygen atoms in total. The van der Waals surface area contributed by atoms with Gasteiger partial charge in [0.05, 0.1) is 31.0 Å². The van der Waals surface area contributed by atoms with Crippen LogP contribution in [0.3, 0.4) is 0 Å². The lowest BCUT2D eigenvalue weighted by molar-refractivity contribution is -0.120. The molecular formula is C10H16N4O2. The average Bonchev–Trinajstić information content (AvgIpc) is 2.86. The maximum atomic E-state index is 11.9. The molecule has 0 saturated carbocycles. The van der Waals surface area contributed by atoms with Gasteiger partial charge in [-0.3, -0.25) is 9.48 Å². The molecule has 0 aliphatic carbocycles. The van der Waals surface area contributed by atoms with Crippen LogP contribution in [0.2, 0.25) is 0 Å². The summed E-state index contributed by atoms with van der Waals surface area (Å²) >= 11 is 0. The van der Waals surface area contributed by atoms with Crippen molar-refractivity contribution in [3.05, 3.63) is 12.4 Å². The van der Waals surface area contributed by atoms with Crippen LogP contribution >= 0.6 is 0 Å². The monoisotopic (exact) mass is 224 g/mol. The number of nitrogens with zero attached hydrogens (tertiary/aromatic N) is 2. The third kappa shape index (κ3) is 2.23. The van der Waals surface area contributed by atoms with Crippen LogP contribution in [-0.2, 0) is 16.6 Å². The summed E-state index contributed by atoms with van der Waals surface area (Å²) in [6.07, 6.45) is 3.39. The number of nitrogens with one attached hydrogen (secondary N) is 2. The van der Waals surface area contributed by atoms with Crippen molar-refractivity contribution in [2.75, 3.05) is 25.6 Å². The van der Waals surface area contributed by atoms with Crippen LogP contribution in [0.5, 0.6) is 0 Å². The first-order chi connectivity index (χ1) is 7.70. The molecule has 2 atom stereocenters. The Balaban J connectivity index is 1.97. The van der Waals surface area contributed by atoms with Crippen LogP contribution in [0.15, 0.2) is 12.4 Å². The first-order valence-electron chi connectivity index (χ1n) is 5.25. The molecule has 1 saturated heterocycles. The molecule has 2 N–H and O–H groups in total. The second-order valence-electron chi connectivity index (χ2n) is 3.93. The fourth-order valence-electron chi connectivity index (χ4n) is 1.82. The van der Waals surface area contributed by atoms with Crippen molar-refractivity contribution >= 4 is 11.6 Å². The van der Waals surface area contributed by atoms with Crippen LogP contribution in [0, 0.1) is 5.92 Å². The third-order valence-electron chi connectivity index (χ3n) is 2.76.